The Morgan fingerprint density at radius 3 is 2.17 bits per heavy atom. The summed E-state index contributed by atoms with van der Waals surface area (Å²) in [5, 5.41) is 0. The monoisotopic (exact) mass is 255 g/mol. The lowest BCUT2D eigenvalue weighted by Crippen LogP contribution is -2.60. The molecule has 0 radical (unpaired) electrons. The van der Waals surface area contributed by atoms with E-state index in [1.807, 2.05) is 0 Å². The highest BCUT2D eigenvalue weighted by atomic mass is 15.2. The van der Waals surface area contributed by atoms with Gasteiger partial charge in [-0.2, -0.15) is 0 Å². The van der Waals surface area contributed by atoms with Crippen LogP contribution in [-0.4, -0.2) is 54.1 Å². The molecule has 0 aliphatic carbocycles. The van der Waals surface area contributed by atoms with Crippen molar-refractivity contribution in [3.63, 3.8) is 0 Å². The molecule has 2 N–H and O–H groups in total. The standard InChI is InChI=1S/C15H33N3/c1-6-7-14(4)17(5)15(12-16)8-10-18(11-9-15)13(2)3/h13-14H,6-12,16H2,1-5H3. The lowest BCUT2D eigenvalue weighted by molar-refractivity contribution is 0.0107. The molecule has 1 rings (SSSR count). The first kappa shape index (κ1) is 15.9. The van der Waals surface area contributed by atoms with Gasteiger partial charge in [0.2, 0.25) is 0 Å². The summed E-state index contributed by atoms with van der Waals surface area (Å²) in [6.07, 6.45) is 4.95. The van der Waals surface area contributed by atoms with Gasteiger partial charge in [-0.25, -0.2) is 0 Å². The van der Waals surface area contributed by atoms with Crippen LogP contribution in [0.15, 0.2) is 0 Å². The summed E-state index contributed by atoms with van der Waals surface area (Å²) >= 11 is 0. The normalized spacial score (nSPS) is 22.7. The molecule has 0 amide bonds. The second kappa shape index (κ2) is 6.88. The highest BCUT2D eigenvalue weighted by Gasteiger charge is 2.38. The minimum Gasteiger partial charge on any atom is -0.329 e. The van der Waals surface area contributed by atoms with E-state index in [9.17, 15) is 0 Å². The van der Waals surface area contributed by atoms with E-state index < -0.39 is 0 Å². The average molecular weight is 255 g/mol. The Morgan fingerprint density at radius 2 is 1.78 bits per heavy atom. The van der Waals surface area contributed by atoms with Gasteiger partial charge in [-0.3, -0.25) is 4.90 Å². The zero-order valence-corrected chi connectivity index (χ0v) is 13.1. The van der Waals surface area contributed by atoms with Crippen molar-refractivity contribution in [3.8, 4) is 0 Å². The zero-order chi connectivity index (χ0) is 13.8. The molecule has 3 nitrogen and oxygen atoms in total. The third-order valence-corrected chi connectivity index (χ3v) is 4.95. The molecule has 0 aromatic carbocycles. The lowest BCUT2D eigenvalue weighted by Gasteiger charge is -2.50. The van der Waals surface area contributed by atoms with Crippen LogP contribution in [0.5, 0.6) is 0 Å². The van der Waals surface area contributed by atoms with E-state index in [4.69, 9.17) is 5.73 Å². The number of nitrogens with zero attached hydrogens (tertiary/aromatic N) is 2. The maximum atomic E-state index is 6.13. The Bertz CT molecular complexity index is 232. The van der Waals surface area contributed by atoms with Crippen molar-refractivity contribution in [3.05, 3.63) is 0 Å². The van der Waals surface area contributed by atoms with Gasteiger partial charge in [0, 0.05) is 37.3 Å². The molecule has 0 spiro atoms. The number of likely N-dealkylation sites (tertiary alicyclic amines) is 1. The fourth-order valence-electron chi connectivity index (χ4n) is 3.24. The molecule has 0 saturated carbocycles. The number of rotatable bonds is 6. The Hall–Kier alpha value is -0.120. The largest absolute Gasteiger partial charge is 0.329 e. The van der Waals surface area contributed by atoms with Gasteiger partial charge in [0.1, 0.15) is 0 Å². The maximum absolute atomic E-state index is 6.13. The van der Waals surface area contributed by atoms with E-state index in [0.717, 1.165) is 6.54 Å². The van der Waals surface area contributed by atoms with E-state index in [1.54, 1.807) is 0 Å². The summed E-state index contributed by atoms with van der Waals surface area (Å²) in [5.74, 6) is 0. The van der Waals surface area contributed by atoms with Gasteiger partial charge in [0.25, 0.3) is 0 Å². The Balaban J connectivity index is 2.65. The number of likely N-dealkylation sites (N-methyl/N-ethyl adjacent to an activating group) is 1. The molecular formula is C15H33N3. The molecule has 1 atom stereocenters. The minimum absolute atomic E-state index is 0.236. The van der Waals surface area contributed by atoms with E-state index in [-0.39, 0.29) is 5.54 Å². The highest BCUT2D eigenvalue weighted by Crippen LogP contribution is 2.30. The first-order valence-electron chi connectivity index (χ1n) is 7.64. The fraction of sp³-hybridized carbons (Fsp3) is 1.00. The van der Waals surface area contributed by atoms with Crippen LogP contribution in [-0.2, 0) is 0 Å². The molecule has 1 aliphatic rings. The smallest absolute Gasteiger partial charge is 0.0355 e. The van der Waals surface area contributed by atoms with Gasteiger partial charge in [-0.1, -0.05) is 13.3 Å². The van der Waals surface area contributed by atoms with Gasteiger partial charge in [-0.15, -0.1) is 0 Å². The van der Waals surface area contributed by atoms with Crippen LogP contribution < -0.4 is 5.73 Å². The van der Waals surface area contributed by atoms with Crippen LogP contribution in [0.25, 0.3) is 0 Å². The van der Waals surface area contributed by atoms with Gasteiger partial charge in [0.05, 0.1) is 0 Å². The topological polar surface area (TPSA) is 32.5 Å². The number of hydrogen-bond donors (Lipinski definition) is 1. The Morgan fingerprint density at radius 1 is 1.22 bits per heavy atom. The van der Waals surface area contributed by atoms with Crippen molar-refractivity contribution in [2.24, 2.45) is 5.73 Å². The second-order valence-electron chi connectivity index (χ2n) is 6.31. The first-order chi connectivity index (χ1) is 8.46. The zero-order valence-electron chi connectivity index (χ0n) is 13.1. The quantitative estimate of drug-likeness (QED) is 0.790. The van der Waals surface area contributed by atoms with Crippen LogP contribution in [0.2, 0.25) is 0 Å². The SMILES string of the molecule is CCCC(C)N(C)C1(CN)CCN(C(C)C)CC1. The minimum atomic E-state index is 0.236. The number of hydrogen-bond acceptors (Lipinski definition) is 3. The molecule has 1 unspecified atom stereocenters. The molecule has 1 saturated heterocycles. The van der Waals surface area contributed by atoms with Crippen molar-refractivity contribution in [2.75, 3.05) is 26.7 Å². The number of piperidine rings is 1. The molecule has 0 bridgehead atoms. The van der Waals surface area contributed by atoms with Crippen molar-refractivity contribution in [1.29, 1.82) is 0 Å². The van der Waals surface area contributed by atoms with Crippen molar-refractivity contribution < 1.29 is 0 Å². The summed E-state index contributed by atoms with van der Waals surface area (Å²) in [5.41, 5.74) is 6.37. The lowest BCUT2D eigenvalue weighted by atomic mass is 9.84. The van der Waals surface area contributed by atoms with Crippen LogP contribution >= 0.6 is 0 Å². The van der Waals surface area contributed by atoms with Gasteiger partial charge < -0.3 is 10.6 Å². The summed E-state index contributed by atoms with van der Waals surface area (Å²) in [7, 11) is 2.28. The van der Waals surface area contributed by atoms with E-state index in [2.05, 4.69) is 44.5 Å². The van der Waals surface area contributed by atoms with E-state index in [0.29, 0.717) is 12.1 Å². The Kier molecular flexibility index (Phi) is 6.09. The molecular weight excluding hydrogens is 222 g/mol. The van der Waals surface area contributed by atoms with Crippen LogP contribution in [0.3, 0.4) is 0 Å². The highest BCUT2D eigenvalue weighted by molar-refractivity contribution is 4.97. The second-order valence-corrected chi connectivity index (χ2v) is 6.31. The summed E-state index contributed by atoms with van der Waals surface area (Å²) in [6.45, 7) is 12.4. The molecule has 0 aromatic rings. The van der Waals surface area contributed by atoms with Gasteiger partial charge >= 0.3 is 0 Å². The van der Waals surface area contributed by atoms with Crippen molar-refractivity contribution in [1.82, 2.24) is 9.80 Å². The number of nitrogens with two attached hydrogens (primary N) is 1. The third-order valence-electron chi connectivity index (χ3n) is 4.95. The molecule has 1 heterocycles. The van der Waals surface area contributed by atoms with Gasteiger partial charge in [-0.05, 0) is 47.1 Å². The third kappa shape index (κ3) is 3.46. The molecule has 1 fully saturated rings. The molecule has 108 valence electrons. The first-order valence-corrected chi connectivity index (χ1v) is 7.64. The van der Waals surface area contributed by atoms with Gasteiger partial charge in [0.15, 0.2) is 0 Å². The predicted molar refractivity (Wildman–Crippen MR) is 79.9 cm³/mol. The van der Waals surface area contributed by atoms with Crippen molar-refractivity contribution >= 4 is 0 Å². The van der Waals surface area contributed by atoms with Crippen molar-refractivity contribution in [2.45, 2.75) is 71.0 Å². The molecule has 1 aliphatic heterocycles. The maximum Gasteiger partial charge on any atom is 0.0355 e. The van der Waals surface area contributed by atoms with Crippen LogP contribution in [0, 0.1) is 0 Å². The summed E-state index contributed by atoms with van der Waals surface area (Å²) in [4.78, 5) is 5.14. The predicted octanol–water partition coefficient (Wildman–Crippen LogP) is 2.31. The van der Waals surface area contributed by atoms with Crippen LogP contribution in [0.4, 0.5) is 0 Å². The molecule has 3 heteroatoms. The van der Waals surface area contributed by atoms with E-state index >= 15 is 0 Å². The summed E-state index contributed by atoms with van der Waals surface area (Å²) < 4.78 is 0. The molecule has 0 aromatic heterocycles. The summed E-state index contributed by atoms with van der Waals surface area (Å²) in [6, 6.07) is 1.31. The fourth-order valence-corrected chi connectivity index (χ4v) is 3.24. The Labute approximate surface area is 114 Å². The average Bonchev–Trinajstić information content (AvgIpc) is 2.38. The molecule has 18 heavy (non-hydrogen) atoms. The van der Waals surface area contributed by atoms with E-state index in [1.165, 1.54) is 38.8 Å². The van der Waals surface area contributed by atoms with Crippen LogP contribution in [0.1, 0.15) is 53.4 Å².